The molecule has 6 heteroatoms. The minimum absolute atomic E-state index is 0. The number of hydrogen-bond acceptors (Lipinski definition) is 3. The summed E-state index contributed by atoms with van der Waals surface area (Å²) in [5.74, 6) is -0.472. The molecule has 0 fully saturated rings. The number of fused-ring (bicyclic) bond motifs is 1. The molecule has 0 spiro atoms. The molecule has 1 aliphatic rings. The molecule has 2 amide bonds. The number of carbonyl (C=O) groups excluding carboxylic acids is 2. The fourth-order valence-electron chi connectivity index (χ4n) is 2.26. The molecule has 5 nitrogen and oxygen atoms in total. The van der Waals surface area contributed by atoms with Crippen molar-refractivity contribution in [2.75, 3.05) is 19.6 Å². The van der Waals surface area contributed by atoms with E-state index in [1.54, 1.807) is 11.8 Å². The van der Waals surface area contributed by atoms with Crippen molar-refractivity contribution in [2.45, 2.75) is 19.9 Å². The van der Waals surface area contributed by atoms with Crippen LogP contribution in [0.25, 0.3) is 0 Å². The van der Waals surface area contributed by atoms with Gasteiger partial charge in [-0.25, -0.2) is 0 Å². The van der Waals surface area contributed by atoms with Crippen LogP contribution in [0.15, 0.2) is 24.3 Å². The summed E-state index contributed by atoms with van der Waals surface area (Å²) in [5, 5.41) is 2.64. The third-order valence-corrected chi connectivity index (χ3v) is 3.70. The predicted molar refractivity (Wildman–Crippen MR) is 84.0 cm³/mol. The first-order chi connectivity index (χ1) is 9.61. The molecule has 1 heterocycles. The average molecular weight is 312 g/mol. The molecular weight excluding hydrogens is 290 g/mol. The number of carbonyl (C=O) groups is 2. The lowest BCUT2D eigenvalue weighted by Crippen LogP contribution is -2.44. The van der Waals surface area contributed by atoms with Gasteiger partial charge in [0.05, 0.1) is 6.54 Å². The zero-order chi connectivity index (χ0) is 14.5. The predicted octanol–water partition coefficient (Wildman–Crippen LogP) is 0.704. The van der Waals surface area contributed by atoms with Crippen LogP contribution >= 0.6 is 12.4 Å². The van der Waals surface area contributed by atoms with Gasteiger partial charge in [0.2, 0.25) is 11.8 Å². The molecule has 0 saturated carbocycles. The van der Waals surface area contributed by atoms with Gasteiger partial charge in [0.1, 0.15) is 0 Å². The van der Waals surface area contributed by atoms with Crippen LogP contribution in [0, 0.1) is 5.92 Å². The molecule has 0 aliphatic carbocycles. The van der Waals surface area contributed by atoms with Crippen LogP contribution in [0.5, 0.6) is 0 Å². The zero-order valence-electron chi connectivity index (χ0n) is 12.2. The van der Waals surface area contributed by atoms with Crippen LogP contribution < -0.4 is 11.1 Å². The first-order valence-electron chi connectivity index (χ1n) is 6.94. The van der Waals surface area contributed by atoms with Gasteiger partial charge in [-0.1, -0.05) is 31.2 Å². The van der Waals surface area contributed by atoms with Gasteiger partial charge in [0, 0.05) is 25.6 Å². The standard InChI is InChI=1S/C15H21N3O2.ClH/c1-11(8-16)15(20)17-9-14(19)18-7-6-12-4-2-3-5-13(12)10-18;/h2-5,11H,6-10,16H2,1H3,(H,17,20);1H. The van der Waals surface area contributed by atoms with E-state index in [9.17, 15) is 9.59 Å². The van der Waals surface area contributed by atoms with Crippen LogP contribution in [-0.4, -0.2) is 36.3 Å². The van der Waals surface area contributed by atoms with Gasteiger partial charge in [0.15, 0.2) is 0 Å². The molecule has 0 radical (unpaired) electrons. The van der Waals surface area contributed by atoms with Crippen molar-refractivity contribution in [2.24, 2.45) is 11.7 Å². The van der Waals surface area contributed by atoms with Gasteiger partial charge in [-0.15, -0.1) is 12.4 Å². The Bertz CT molecular complexity index is 507. The Balaban J connectivity index is 0.00000220. The second kappa shape index (κ2) is 8.00. The third-order valence-electron chi connectivity index (χ3n) is 3.70. The number of benzene rings is 1. The van der Waals surface area contributed by atoms with Crippen LogP contribution in [0.4, 0.5) is 0 Å². The zero-order valence-corrected chi connectivity index (χ0v) is 13.0. The van der Waals surface area contributed by atoms with Crippen molar-refractivity contribution >= 4 is 24.2 Å². The monoisotopic (exact) mass is 311 g/mol. The second-order valence-corrected chi connectivity index (χ2v) is 5.19. The highest BCUT2D eigenvalue weighted by atomic mass is 35.5. The first kappa shape index (κ1) is 17.5. The first-order valence-corrected chi connectivity index (χ1v) is 6.94. The van der Waals surface area contributed by atoms with E-state index in [-0.39, 0.29) is 43.2 Å². The van der Waals surface area contributed by atoms with Crippen molar-refractivity contribution in [1.82, 2.24) is 10.2 Å². The maximum absolute atomic E-state index is 12.1. The smallest absolute Gasteiger partial charge is 0.242 e. The molecule has 21 heavy (non-hydrogen) atoms. The third kappa shape index (κ3) is 4.44. The molecule has 116 valence electrons. The van der Waals surface area contributed by atoms with Crippen molar-refractivity contribution in [3.05, 3.63) is 35.4 Å². The fraction of sp³-hybridized carbons (Fsp3) is 0.467. The topological polar surface area (TPSA) is 75.4 Å². The Labute approximate surface area is 131 Å². The van der Waals surface area contributed by atoms with Gasteiger partial charge >= 0.3 is 0 Å². The molecule has 1 aromatic carbocycles. The molecule has 0 bridgehead atoms. The van der Waals surface area contributed by atoms with Gasteiger partial charge < -0.3 is 16.0 Å². The summed E-state index contributed by atoms with van der Waals surface area (Å²) in [6.07, 6.45) is 0.870. The molecule has 2 rings (SSSR count). The van der Waals surface area contributed by atoms with Crippen molar-refractivity contribution in [3.8, 4) is 0 Å². The number of nitrogens with one attached hydrogen (secondary N) is 1. The summed E-state index contributed by atoms with van der Waals surface area (Å²) in [4.78, 5) is 25.5. The normalized spacial score (nSPS) is 14.7. The van der Waals surface area contributed by atoms with Crippen molar-refractivity contribution in [1.29, 1.82) is 0 Å². The van der Waals surface area contributed by atoms with E-state index in [0.717, 1.165) is 6.42 Å². The summed E-state index contributed by atoms with van der Waals surface area (Å²) < 4.78 is 0. The highest BCUT2D eigenvalue weighted by molar-refractivity contribution is 5.86. The number of rotatable bonds is 4. The number of amides is 2. The Morgan fingerprint density at radius 3 is 2.67 bits per heavy atom. The quantitative estimate of drug-likeness (QED) is 0.859. The van der Waals surface area contributed by atoms with E-state index in [1.807, 2.05) is 18.2 Å². The van der Waals surface area contributed by atoms with Crippen LogP contribution in [0.2, 0.25) is 0 Å². The lowest BCUT2D eigenvalue weighted by Gasteiger charge is -2.29. The molecule has 3 N–H and O–H groups in total. The molecule has 0 aromatic heterocycles. The fourth-order valence-corrected chi connectivity index (χ4v) is 2.26. The van der Waals surface area contributed by atoms with Crippen LogP contribution in [0.1, 0.15) is 18.1 Å². The number of nitrogens with zero attached hydrogens (tertiary/aromatic N) is 1. The van der Waals surface area contributed by atoms with Gasteiger partial charge in [-0.3, -0.25) is 9.59 Å². The number of nitrogens with two attached hydrogens (primary N) is 1. The Morgan fingerprint density at radius 1 is 1.33 bits per heavy atom. The maximum Gasteiger partial charge on any atom is 0.242 e. The van der Waals surface area contributed by atoms with Crippen molar-refractivity contribution in [3.63, 3.8) is 0 Å². The Hall–Kier alpha value is -1.59. The lowest BCUT2D eigenvalue weighted by molar-refractivity contribution is -0.134. The van der Waals surface area contributed by atoms with E-state index < -0.39 is 0 Å². The molecular formula is C15H22ClN3O2. The lowest BCUT2D eigenvalue weighted by atomic mass is 10.00. The largest absolute Gasteiger partial charge is 0.347 e. The van der Waals surface area contributed by atoms with E-state index in [4.69, 9.17) is 5.73 Å². The van der Waals surface area contributed by atoms with E-state index in [2.05, 4.69) is 11.4 Å². The molecule has 0 saturated heterocycles. The SMILES string of the molecule is CC(CN)C(=O)NCC(=O)N1CCc2ccccc2C1.Cl. The molecule has 1 unspecified atom stereocenters. The summed E-state index contributed by atoms with van der Waals surface area (Å²) in [6, 6.07) is 8.15. The Kier molecular flexibility index (Phi) is 6.65. The minimum Gasteiger partial charge on any atom is -0.347 e. The van der Waals surface area contributed by atoms with Gasteiger partial charge in [0.25, 0.3) is 0 Å². The van der Waals surface area contributed by atoms with Crippen molar-refractivity contribution < 1.29 is 9.59 Å². The minimum atomic E-state index is -0.259. The molecule has 1 atom stereocenters. The number of halogens is 1. The van der Waals surface area contributed by atoms with Gasteiger partial charge in [-0.05, 0) is 17.5 Å². The Morgan fingerprint density at radius 2 is 2.00 bits per heavy atom. The summed E-state index contributed by atoms with van der Waals surface area (Å²) >= 11 is 0. The van der Waals surface area contributed by atoms with Crippen LogP contribution in [0.3, 0.4) is 0 Å². The summed E-state index contributed by atoms with van der Waals surface area (Å²) in [5.41, 5.74) is 7.91. The average Bonchev–Trinajstić information content (AvgIpc) is 2.50. The van der Waals surface area contributed by atoms with E-state index >= 15 is 0 Å². The maximum atomic E-state index is 12.1. The molecule has 1 aliphatic heterocycles. The van der Waals surface area contributed by atoms with Gasteiger partial charge in [-0.2, -0.15) is 0 Å². The number of hydrogen-bond donors (Lipinski definition) is 2. The van der Waals surface area contributed by atoms with E-state index in [1.165, 1.54) is 11.1 Å². The second-order valence-electron chi connectivity index (χ2n) is 5.19. The van der Waals surface area contributed by atoms with Crippen LogP contribution in [-0.2, 0) is 22.6 Å². The molecule has 1 aromatic rings. The highest BCUT2D eigenvalue weighted by Crippen LogP contribution is 2.18. The van der Waals surface area contributed by atoms with E-state index in [0.29, 0.717) is 13.1 Å². The summed E-state index contributed by atoms with van der Waals surface area (Å²) in [7, 11) is 0. The highest BCUT2D eigenvalue weighted by Gasteiger charge is 2.21. The summed E-state index contributed by atoms with van der Waals surface area (Å²) in [6.45, 7) is 3.41.